The van der Waals surface area contributed by atoms with Gasteiger partial charge in [-0.25, -0.2) is 0 Å². The Labute approximate surface area is 111 Å². The molecule has 1 aromatic rings. The average molecular weight is 299 g/mol. The largest absolute Gasteiger partial charge is 0.490 e. The van der Waals surface area contributed by atoms with Gasteiger partial charge in [0.05, 0.1) is 6.10 Å². The van der Waals surface area contributed by atoms with Gasteiger partial charge in [0, 0.05) is 11.1 Å². The first-order valence-corrected chi connectivity index (χ1v) is 7.02. The Kier molecular flexibility index (Phi) is 4.46. The van der Waals surface area contributed by atoms with E-state index in [1.165, 1.54) is 5.56 Å². The minimum atomic E-state index is 0.318. The van der Waals surface area contributed by atoms with Crippen LogP contribution in [0, 0.1) is 12.8 Å². The third-order valence-electron chi connectivity index (χ3n) is 3.48. The topological polar surface area (TPSA) is 29.5 Å². The van der Waals surface area contributed by atoms with Gasteiger partial charge >= 0.3 is 0 Å². The van der Waals surface area contributed by atoms with Gasteiger partial charge in [-0.15, -0.1) is 0 Å². The minimum Gasteiger partial charge on any atom is -0.490 e. The molecule has 1 aliphatic carbocycles. The molecule has 3 heteroatoms. The molecule has 0 radical (unpaired) electrons. The van der Waals surface area contributed by atoms with E-state index in [1.807, 2.05) is 12.1 Å². The van der Waals surface area contributed by atoms with Crippen LogP contribution in [0.4, 0.5) is 0 Å². The van der Waals surface area contributed by atoms with Crippen LogP contribution in [0.1, 0.15) is 31.2 Å². The first-order chi connectivity index (χ1) is 8.19. The molecule has 1 aromatic carbocycles. The van der Waals surface area contributed by atoms with E-state index < -0.39 is 0 Å². The van der Waals surface area contributed by atoms with Crippen molar-refractivity contribution in [3.05, 3.63) is 28.2 Å². The van der Waals surface area contributed by atoms with E-state index in [9.17, 15) is 0 Å². The highest BCUT2D eigenvalue weighted by Gasteiger charge is 2.21. The van der Waals surface area contributed by atoms with Crippen molar-refractivity contribution in [3.8, 4) is 5.75 Å². The van der Waals surface area contributed by atoms with Gasteiger partial charge in [-0.2, -0.15) is 0 Å². The van der Waals surface area contributed by atoms with Crippen LogP contribution < -0.4 is 4.74 Å². The fourth-order valence-electron chi connectivity index (χ4n) is 2.32. The molecule has 0 aromatic heterocycles. The van der Waals surface area contributed by atoms with E-state index in [0.717, 1.165) is 35.9 Å². The second-order valence-corrected chi connectivity index (χ2v) is 5.71. The number of rotatable bonds is 3. The van der Waals surface area contributed by atoms with Crippen molar-refractivity contribution >= 4 is 15.9 Å². The molecule has 0 saturated heterocycles. The van der Waals surface area contributed by atoms with Crippen molar-refractivity contribution in [2.45, 2.75) is 38.7 Å². The molecule has 1 N–H and O–H groups in total. The van der Waals surface area contributed by atoms with Gasteiger partial charge in [-0.1, -0.05) is 15.9 Å². The number of aliphatic hydroxyl groups excluding tert-OH is 1. The molecule has 2 nitrogen and oxygen atoms in total. The van der Waals surface area contributed by atoms with Gasteiger partial charge in [0.25, 0.3) is 0 Å². The lowest BCUT2D eigenvalue weighted by Gasteiger charge is -2.28. The molecule has 1 fully saturated rings. The Morgan fingerprint density at radius 2 is 2.00 bits per heavy atom. The highest BCUT2D eigenvalue weighted by atomic mass is 79.9. The normalized spacial score (nSPS) is 24.6. The molecule has 0 atom stereocenters. The molecule has 0 heterocycles. The first kappa shape index (κ1) is 12.9. The predicted octanol–water partition coefficient (Wildman–Crippen LogP) is 3.69. The third-order valence-corrected chi connectivity index (χ3v) is 4.37. The highest BCUT2D eigenvalue weighted by molar-refractivity contribution is 9.10. The number of aliphatic hydroxyl groups is 1. The average Bonchev–Trinajstić information content (AvgIpc) is 2.35. The summed E-state index contributed by atoms with van der Waals surface area (Å²) in [5, 5.41) is 9.09. The summed E-state index contributed by atoms with van der Waals surface area (Å²) in [6.07, 6.45) is 4.59. The zero-order chi connectivity index (χ0) is 12.3. The summed E-state index contributed by atoms with van der Waals surface area (Å²) in [5.41, 5.74) is 1.20. The van der Waals surface area contributed by atoms with Crippen LogP contribution in [-0.4, -0.2) is 17.8 Å². The zero-order valence-electron chi connectivity index (χ0n) is 10.2. The zero-order valence-corrected chi connectivity index (χ0v) is 11.7. The van der Waals surface area contributed by atoms with E-state index in [1.54, 1.807) is 0 Å². The number of halogens is 1. The van der Waals surface area contributed by atoms with Gasteiger partial charge in [0.15, 0.2) is 0 Å². The van der Waals surface area contributed by atoms with Crippen molar-refractivity contribution in [2.24, 2.45) is 5.92 Å². The summed E-state index contributed by atoms with van der Waals surface area (Å²) in [7, 11) is 0. The Balaban J connectivity index is 1.91. The highest BCUT2D eigenvalue weighted by Crippen LogP contribution is 2.28. The molecular weight excluding hydrogens is 280 g/mol. The van der Waals surface area contributed by atoms with Crippen LogP contribution in [0.5, 0.6) is 5.75 Å². The van der Waals surface area contributed by atoms with E-state index in [0.29, 0.717) is 18.6 Å². The maximum absolute atomic E-state index is 9.09. The van der Waals surface area contributed by atoms with E-state index in [4.69, 9.17) is 9.84 Å². The Morgan fingerprint density at radius 1 is 1.29 bits per heavy atom. The first-order valence-electron chi connectivity index (χ1n) is 6.22. The molecule has 2 rings (SSSR count). The molecule has 0 spiro atoms. The maximum atomic E-state index is 9.09. The monoisotopic (exact) mass is 298 g/mol. The van der Waals surface area contributed by atoms with Crippen molar-refractivity contribution in [2.75, 3.05) is 6.61 Å². The lowest BCUT2D eigenvalue weighted by atomic mass is 9.88. The number of aryl methyl sites for hydroxylation is 1. The number of hydrogen-bond acceptors (Lipinski definition) is 2. The summed E-state index contributed by atoms with van der Waals surface area (Å²) in [6.45, 7) is 2.39. The Morgan fingerprint density at radius 3 is 2.59 bits per heavy atom. The molecule has 0 unspecified atom stereocenters. The molecule has 17 heavy (non-hydrogen) atoms. The van der Waals surface area contributed by atoms with E-state index >= 15 is 0 Å². The van der Waals surface area contributed by atoms with Crippen LogP contribution in [0.2, 0.25) is 0 Å². The summed E-state index contributed by atoms with van der Waals surface area (Å²) in [4.78, 5) is 0. The van der Waals surface area contributed by atoms with E-state index in [-0.39, 0.29) is 0 Å². The molecule has 0 aliphatic heterocycles. The number of hydrogen-bond donors (Lipinski definition) is 1. The van der Waals surface area contributed by atoms with Gasteiger partial charge < -0.3 is 9.84 Å². The standard InChI is InChI=1S/C14H19BrO2/c1-10-8-13(6-7-14(10)15)17-12-4-2-11(9-16)3-5-12/h6-8,11-12,16H,2-5,9H2,1H3. The van der Waals surface area contributed by atoms with Crippen molar-refractivity contribution < 1.29 is 9.84 Å². The lowest BCUT2D eigenvalue weighted by molar-refractivity contribution is 0.104. The predicted molar refractivity (Wildman–Crippen MR) is 72.3 cm³/mol. The maximum Gasteiger partial charge on any atom is 0.120 e. The van der Waals surface area contributed by atoms with Crippen LogP contribution in [0.25, 0.3) is 0 Å². The third kappa shape index (κ3) is 3.46. The molecule has 0 amide bonds. The second kappa shape index (κ2) is 5.87. The Hall–Kier alpha value is -0.540. The van der Waals surface area contributed by atoms with Gasteiger partial charge in [-0.05, 0) is 62.3 Å². The summed E-state index contributed by atoms with van der Waals surface area (Å²) in [6, 6.07) is 6.11. The summed E-state index contributed by atoms with van der Waals surface area (Å²) < 4.78 is 7.10. The van der Waals surface area contributed by atoms with Crippen LogP contribution >= 0.6 is 15.9 Å². The lowest BCUT2D eigenvalue weighted by Crippen LogP contribution is -2.25. The van der Waals surface area contributed by atoms with Crippen LogP contribution in [-0.2, 0) is 0 Å². The molecule has 0 bridgehead atoms. The van der Waals surface area contributed by atoms with Crippen molar-refractivity contribution in [1.29, 1.82) is 0 Å². The quantitative estimate of drug-likeness (QED) is 0.922. The molecule has 1 aliphatic rings. The van der Waals surface area contributed by atoms with Crippen molar-refractivity contribution in [1.82, 2.24) is 0 Å². The van der Waals surface area contributed by atoms with E-state index in [2.05, 4.69) is 28.9 Å². The smallest absolute Gasteiger partial charge is 0.120 e. The molecule has 1 saturated carbocycles. The Bertz CT molecular complexity index is 370. The fraction of sp³-hybridized carbons (Fsp3) is 0.571. The summed E-state index contributed by atoms with van der Waals surface area (Å²) in [5.74, 6) is 1.44. The molecular formula is C14H19BrO2. The van der Waals surface area contributed by atoms with Crippen LogP contribution in [0.3, 0.4) is 0 Å². The van der Waals surface area contributed by atoms with Crippen LogP contribution in [0.15, 0.2) is 22.7 Å². The second-order valence-electron chi connectivity index (χ2n) is 4.85. The molecule has 94 valence electrons. The minimum absolute atomic E-state index is 0.318. The van der Waals surface area contributed by atoms with Gasteiger partial charge in [-0.3, -0.25) is 0 Å². The number of ether oxygens (including phenoxy) is 1. The van der Waals surface area contributed by atoms with Gasteiger partial charge in [0.1, 0.15) is 5.75 Å². The van der Waals surface area contributed by atoms with Crippen molar-refractivity contribution in [3.63, 3.8) is 0 Å². The fourth-order valence-corrected chi connectivity index (χ4v) is 2.56. The van der Waals surface area contributed by atoms with Gasteiger partial charge in [0.2, 0.25) is 0 Å². The number of benzene rings is 1. The SMILES string of the molecule is Cc1cc(OC2CCC(CO)CC2)ccc1Br. The summed E-state index contributed by atoms with van der Waals surface area (Å²) >= 11 is 3.49.